The van der Waals surface area contributed by atoms with Crippen LogP contribution in [0.1, 0.15) is 6.42 Å². The summed E-state index contributed by atoms with van der Waals surface area (Å²) in [5.74, 6) is 6.20. The van der Waals surface area contributed by atoms with Gasteiger partial charge in [0, 0.05) is 5.92 Å². The van der Waals surface area contributed by atoms with Crippen molar-refractivity contribution in [3.05, 3.63) is 24.8 Å². The van der Waals surface area contributed by atoms with Crippen LogP contribution in [0.4, 0.5) is 0 Å². The third kappa shape index (κ3) is 2.43. The number of carbonyl (C=O) groups excluding carboxylic acids is 1. The van der Waals surface area contributed by atoms with Crippen molar-refractivity contribution in [2.45, 2.75) is 6.42 Å². The maximum Gasteiger partial charge on any atom is 0.123 e. The zero-order valence-electron chi connectivity index (χ0n) is 6.29. The van der Waals surface area contributed by atoms with Crippen molar-refractivity contribution in [1.29, 1.82) is 0 Å². The van der Waals surface area contributed by atoms with E-state index < -0.39 is 0 Å². The van der Waals surface area contributed by atoms with Crippen LogP contribution in [-0.2, 0) is 4.79 Å². The van der Waals surface area contributed by atoms with Crippen molar-refractivity contribution in [2.75, 3.05) is 0 Å². The zero-order valence-corrected chi connectivity index (χ0v) is 6.29. The molecule has 1 heteroatoms. The molecule has 0 saturated heterocycles. The van der Waals surface area contributed by atoms with Crippen molar-refractivity contribution in [3.8, 4) is 11.8 Å². The summed E-state index contributed by atoms with van der Waals surface area (Å²) in [7, 11) is 0. The molecule has 11 heavy (non-hydrogen) atoms. The molecule has 1 nitrogen and oxygen atoms in total. The van der Waals surface area contributed by atoms with Crippen molar-refractivity contribution < 1.29 is 4.79 Å². The maximum atomic E-state index is 10.2. The van der Waals surface area contributed by atoms with Crippen LogP contribution in [0.25, 0.3) is 0 Å². The molecule has 1 aliphatic carbocycles. The molecule has 0 radical (unpaired) electrons. The van der Waals surface area contributed by atoms with Crippen LogP contribution in [-0.4, -0.2) is 6.29 Å². The van der Waals surface area contributed by atoms with Crippen LogP contribution in [0.3, 0.4) is 0 Å². The van der Waals surface area contributed by atoms with Gasteiger partial charge >= 0.3 is 0 Å². The molecule has 0 aromatic heterocycles. The molecule has 1 saturated carbocycles. The molecule has 56 valence electrons. The number of carbonyl (C=O) groups is 1. The van der Waals surface area contributed by atoms with Gasteiger partial charge in [0.25, 0.3) is 0 Å². The summed E-state index contributed by atoms with van der Waals surface area (Å²) in [5, 5.41) is 0. The molecular weight excluding hydrogens is 136 g/mol. The lowest BCUT2D eigenvalue weighted by molar-refractivity contribution is -0.109. The van der Waals surface area contributed by atoms with Crippen LogP contribution >= 0.6 is 0 Å². The third-order valence-electron chi connectivity index (χ3n) is 1.68. The molecule has 0 aromatic carbocycles. The minimum Gasteiger partial charge on any atom is -0.303 e. The number of rotatable bonds is 2. The zero-order chi connectivity index (χ0) is 8.10. The SMILES string of the molecule is C=CC#C/C=C\[C@@H]1C[C@@H]1C=O. The Morgan fingerprint density at radius 1 is 1.36 bits per heavy atom. The molecule has 1 aliphatic rings. The second-order valence-corrected chi connectivity index (χ2v) is 2.55. The maximum absolute atomic E-state index is 10.2. The molecule has 1 rings (SSSR count). The van der Waals surface area contributed by atoms with E-state index >= 15 is 0 Å². The molecule has 0 aromatic rings. The van der Waals surface area contributed by atoms with E-state index in [4.69, 9.17) is 0 Å². The van der Waals surface area contributed by atoms with E-state index in [2.05, 4.69) is 18.4 Å². The molecule has 0 heterocycles. The van der Waals surface area contributed by atoms with E-state index in [1.165, 1.54) is 0 Å². The van der Waals surface area contributed by atoms with Crippen LogP contribution in [0, 0.1) is 23.7 Å². The molecule has 0 N–H and O–H groups in total. The highest BCUT2D eigenvalue weighted by atomic mass is 16.1. The lowest BCUT2D eigenvalue weighted by Crippen LogP contribution is -1.76. The van der Waals surface area contributed by atoms with Gasteiger partial charge in [-0.1, -0.05) is 24.5 Å². The highest BCUT2D eigenvalue weighted by Crippen LogP contribution is 2.37. The number of aldehydes is 1. The minimum atomic E-state index is 0.261. The number of hydrogen-bond acceptors (Lipinski definition) is 1. The van der Waals surface area contributed by atoms with Gasteiger partial charge in [-0.15, -0.1) is 0 Å². The summed E-state index contributed by atoms with van der Waals surface area (Å²) >= 11 is 0. The summed E-state index contributed by atoms with van der Waals surface area (Å²) in [4.78, 5) is 10.2. The van der Waals surface area contributed by atoms with Crippen LogP contribution in [0.15, 0.2) is 24.8 Å². The molecule has 0 spiro atoms. The van der Waals surface area contributed by atoms with Gasteiger partial charge in [0.2, 0.25) is 0 Å². The summed E-state index contributed by atoms with van der Waals surface area (Å²) in [6, 6.07) is 0. The first-order chi connectivity index (χ1) is 5.38. The quantitative estimate of drug-likeness (QED) is 0.427. The smallest absolute Gasteiger partial charge is 0.123 e. The Bertz CT molecular complexity index is 239. The topological polar surface area (TPSA) is 17.1 Å². The molecule has 0 amide bonds. The second kappa shape index (κ2) is 3.78. The van der Waals surface area contributed by atoms with Crippen LogP contribution in [0.5, 0.6) is 0 Å². The molecule has 0 bridgehead atoms. The molecule has 0 unspecified atom stereocenters. The Hall–Kier alpha value is -1.29. The highest BCUT2D eigenvalue weighted by molar-refractivity contribution is 5.59. The first kappa shape index (κ1) is 7.81. The molecular formula is C10H10O. The summed E-state index contributed by atoms with van der Waals surface area (Å²) in [6.07, 6.45) is 7.32. The Morgan fingerprint density at radius 2 is 2.18 bits per heavy atom. The normalized spacial score (nSPS) is 27.3. The van der Waals surface area contributed by atoms with Gasteiger partial charge in [-0.3, -0.25) is 0 Å². The first-order valence-corrected chi connectivity index (χ1v) is 3.62. The molecule has 0 aliphatic heterocycles. The van der Waals surface area contributed by atoms with E-state index in [0.717, 1.165) is 12.7 Å². The number of hydrogen-bond donors (Lipinski definition) is 0. The second-order valence-electron chi connectivity index (χ2n) is 2.55. The predicted octanol–water partition coefficient (Wildman–Crippen LogP) is 1.57. The third-order valence-corrected chi connectivity index (χ3v) is 1.68. The predicted molar refractivity (Wildman–Crippen MR) is 44.8 cm³/mol. The average molecular weight is 146 g/mol. The van der Waals surface area contributed by atoms with Crippen molar-refractivity contribution in [1.82, 2.24) is 0 Å². The van der Waals surface area contributed by atoms with Crippen LogP contribution < -0.4 is 0 Å². The Balaban J connectivity index is 2.27. The first-order valence-electron chi connectivity index (χ1n) is 3.62. The van der Waals surface area contributed by atoms with Gasteiger partial charge in [0.1, 0.15) is 6.29 Å². The lowest BCUT2D eigenvalue weighted by Gasteiger charge is -1.76. The van der Waals surface area contributed by atoms with E-state index in [0.29, 0.717) is 5.92 Å². The summed E-state index contributed by atoms with van der Waals surface area (Å²) in [6.45, 7) is 3.46. The average Bonchev–Trinajstić information content (AvgIpc) is 2.77. The fraction of sp³-hybridized carbons (Fsp3) is 0.300. The van der Waals surface area contributed by atoms with Crippen molar-refractivity contribution >= 4 is 6.29 Å². The summed E-state index contributed by atoms with van der Waals surface area (Å²) < 4.78 is 0. The van der Waals surface area contributed by atoms with E-state index in [-0.39, 0.29) is 5.92 Å². The largest absolute Gasteiger partial charge is 0.303 e. The Morgan fingerprint density at radius 3 is 2.73 bits per heavy atom. The minimum absolute atomic E-state index is 0.261. The fourth-order valence-corrected chi connectivity index (χ4v) is 0.892. The van der Waals surface area contributed by atoms with E-state index in [9.17, 15) is 4.79 Å². The van der Waals surface area contributed by atoms with Gasteiger partial charge in [0.15, 0.2) is 0 Å². The lowest BCUT2D eigenvalue weighted by atomic mass is 10.3. The summed E-state index contributed by atoms with van der Waals surface area (Å²) in [5.41, 5.74) is 0. The van der Waals surface area contributed by atoms with Gasteiger partial charge in [-0.2, -0.15) is 0 Å². The van der Waals surface area contributed by atoms with E-state index in [1.807, 2.05) is 6.08 Å². The van der Waals surface area contributed by atoms with Gasteiger partial charge in [-0.25, -0.2) is 0 Å². The van der Waals surface area contributed by atoms with Crippen LogP contribution in [0.2, 0.25) is 0 Å². The van der Waals surface area contributed by atoms with Gasteiger partial charge in [0.05, 0.1) is 0 Å². The molecule has 1 fully saturated rings. The molecule has 2 atom stereocenters. The van der Waals surface area contributed by atoms with Crippen molar-refractivity contribution in [3.63, 3.8) is 0 Å². The van der Waals surface area contributed by atoms with Crippen molar-refractivity contribution in [2.24, 2.45) is 11.8 Å². The van der Waals surface area contributed by atoms with Gasteiger partial charge < -0.3 is 4.79 Å². The number of allylic oxidation sites excluding steroid dienone is 3. The standard InChI is InChI=1S/C10H10O/c1-2-3-4-5-6-9-7-10(9)8-11/h2,5-6,8-10H,1,7H2/b6-5-/t9-,10-/m1/s1. The van der Waals surface area contributed by atoms with Gasteiger partial charge in [-0.05, 0) is 24.5 Å². The van der Waals surface area contributed by atoms with E-state index in [1.54, 1.807) is 12.2 Å². The monoisotopic (exact) mass is 146 g/mol. The fourth-order valence-electron chi connectivity index (χ4n) is 0.892. The Labute approximate surface area is 66.8 Å². The highest BCUT2D eigenvalue weighted by Gasteiger charge is 2.33. The Kier molecular flexibility index (Phi) is 2.68.